The zero-order valence-electron chi connectivity index (χ0n) is 11.2. The molecule has 0 radical (unpaired) electrons. The van der Waals surface area contributed by atoms with Gasteiger partial charge in [0.05, 0.1) is 6.61 Å². The number of carbonyl (C=O) groups excluding carboxylic acids is 1. The molecule has 0 spiro atoms. The van der Waals surface area contributed by atoms with Crippen LogP contribution in [-0.4, -0.2) is 60.1 Å². The molecule has 0 saturated carbocycles. The molecule has 1 saturated heterocycles. The van der Waals surface area contributed by atoms with Crippen LogP contribution in [0, 0.1) is 0 Å². The second kappa shape index (κ2) is 7.27. The number of carbonyl (C=O) groups is 1. The summed E-state index contributed by atoms with van der Waals surface area (Å²) in [6, 6.07) is 4.91. The van der Waals surface area contributed by atoms with Gasteiger partial charge in [-0.2, -0.15) is 0 Å². The Morgan fingerprint density at radius 2 is 1.80 bits per heavy atom. The predicted molar refractivity (Wildman–Crippen MR) is 80.5 cm³/mol. The first kappa shape index (κ1) is 15.6. The first-order chi connectivity index (χ1) is 9.60. The van der Waals surface area contributed by atoms with E-state index in [0.29, 0.717) is 35.2 Å². The molecule has 0 aliphatic carbocycles. The molecule has 1 aliphatic heterocycles. The van der Waals surface area contributed by atoms with Crippen LogP contribution in [0.2, 0.25) is 10.0 Å². The molecule has 0 unspecified atom stereocenters. The predicted octanol–water partition coefficient (Wildman–Crippen LogP) is 2.13. The van der Waals surface area contributed by atoms with Crippen molar-refractivity contribution < 1.29 is 9.90 Å². The van der Waals surface area contributed by atoms with Gasteiger partial charge in [-0.05, 0) is 31.2 Å². The summed E-state index contributed by atoms with van der Waals surface area (Å²) in [6.07, 6.45) is 0.903. The number of β-amino-alcohol motifs (C(OH)–C–C–N with tert-alkyl or cyclic N) is 1. The fraction of sp³-hybridized carbons (Fsp3) is 0.500. The van der Waals surface area contributed by atoms with E-state index in [1.807, 2.05) is 4.90 Å². The highest BCUT2D eigenvalue weighted by molar-refractivity contribution is 6.35. The minimum absolute atomic E-state index is 0.0414. The molecule has 1 fully saturated rings. The van der Waals surface area contributed by atoms with E-state index in [1.54, 1.807) is 18.2 Å². The van der Waals surface area contributed by atoms with E-state index in [2.05, 4.69) is 4.90 Å². The summed E-state index contributed by atoms with van der Waals surface area (Å²) < 4.78 is 0. The van der Waals surface area contributed by atoms with E-state index in [9.17, 15) is 4.79 Å². The lowest BCUT2D eigenvalue weighted by atomic mass is 10.2. The number of hydrogen-bond acceptors (Lipinski definition) is 3. The van der Waals surface area contributed by atoms with Gasteiger partial charge >= 0.3 is 0 Å². The van der Waals surface area contributed by atoms with Crippen molar-refractivity contribution in [3.8, 4) is 0 Å². The van der Waals surface area contributed by atoms with Gasteiger partial charge in [0, 0.05) is 41.8 Å². The molecule has 20 heavy (non-hydrogen) atoms. The largest absolute Gasteiger partial charge is 0.395 e. The standard InChI is InChI=1S/C14H18Cl2N2O2/c15-12-8-11(9-13(16)10-12)14(20)18-3-1-2-17(4-5-18)6-7-19/h8-10,19H,1-7H2. The third kappa shape index (κ3) is 4.09. The monoisotopic (exact) mass is 316 g/mol. The molecule has 110 valence electrons. The smallest absolute Gasteiger partial charge is 0.254 e. The number of aliphatic hydroxyl groups excluding tert-OH is 1. The van der Waals surface area contributed by atoms with E-state index in [1.165, 1.54) is 0 Å². The molecule has 0 bridgehead atoms. The summed E-state index contributed by atoms with van der Waals surface area (Å²) in [5.74, 6) is -0.0414. The van der Waals surface area contributed by atoms with Crippen molar-refractivity contribution in [3.05, 3.63) is 33.8 Å². The maximum absolute atomic E-state index is 12.5. The molecule has 2 rings (SSSR count). The number of aliphatic hydroxyl groups is 1. The van der Waals surface area contributed by atoms with Crippen molar-refractivity contribution in [2.75, 3.05) is 39.3 Å². The minimum atomic E-state index is -0.0414. The van der Waals surface area contributed by atoms with Gasteiger partial charge in [-0.1, -0.05) is 23.2 Å². The van der Waals surface area contributed by atoms with E-state index in [-0.39, 0.29) is 12.5 Å². The van der Waals surface area contributed by atoms with Gasteiger partial charge in [-0.15, -0.1) is 0 Å². The third-order valence-electron chi connectivity index (χ3n) is 3.40. The number of nitrogens with zero attached hydrogens (tertiary/aromatic N) is 2. The summed E-state index contributed by atoms with van der Waals surface area (Å²) in [5.41, 5.74) is 0.526. The van der Waals surface area contributed by atoms with Crippen molar-refractivity contribution in [2.45, 2.75) is 6.42 Å². The Bertz CT molecular complexity index is 462. The Morgan fingerprint density at radius 1 is 1.10 bits per heavy atom. The first-order valence-corrected chi connectivity index (χ1v) is 7.44. The Kier molecular flexibility index (Phi) is 5.66. The molecule has 1 N–H and O–H groups in total. The maximum atomic E-state index is 12.5. The molecule has 1 aliphatic rings. The van der Waals surface area contributed by atoms with Crippen molar-refractivity contribution in [1.82, 2.24) is 9.80 Å². The fourth-order valence-electron chi connectivity index (χ4n) is 2.40. The van der Waals surface area contributed by atoms with Crippen LogP contribution in [0.25, 0.3) is 0 Å². The maximum Gasteiger partial charge on any atom is 0.254 e. The highest BCUT2D eigenvalue weighted by atomic mass is 35.5. The van der Waals surface area contributed by atoms with E-state index in [0.717, 1.165) is 19.5 Å². The fourth-order valence-corrected chi connectivity index (χ4v) is 2.92. The van der Waals surface area contributed by atoms with Gasteiger partial charge in [-0.25, -0.2) is 0 Å². The number of benzene rings is 1. The highest BCUT2D eigenvalue weighted by Gasteiger charge is 2.20. The van der Waals surface area contributed by atoms with Gasteiger partial charge in [0.2, 0.25) is 0 Å². The van der Waals surface area contributed by atoms with Gasteiger partial charge in [0.15, 0.2) is 0 Å². The zero-order valence-corrected chi connectivity index (χ0v) is 12.7. The third-order valence-corrected chi connectivity index (χ3v) is 3.84. The number of halogens is 2. The van der Waals surface area contributed by atoms with Crippen LogP contribution in [0.5, 0.6) is 0 Å². The number of amides is 1. The van der Waals surface area contributed by atoms with Gasteiger partial charge < -0.3 is 10.0 Å². The second-order valence-corrected chi connectivity index (χ2v) is 5.74. The van der Waals surface area contributed by atoms with Crippen molar-refractivity contribution in [2.24, 2.45) is 0 Å². The summed E-state index contributed by atoms with van der Waals surface area (Å²) in [6.45, 7) is 3.86. The topological polar surface area (TPSA) is 43.8 Å². The van der Waals surface area contributed by atoms with Crippen LogP contribution in [0.4, 0.5) is 0 Å². The van der Waals surface area contributed by atoms with Crippen molar-refractivity contribution in [1.29, 1.82) is 0 Å². The lowest BCUT2D eigenvalue weighted by Crippen LogP contribution is -2.35. The van der Waals surface area contributed by atoms with Crippen LogP contribution in [0.15, 0.2) is 18.2 Å². The minimum Gasteiger partial charge on any atom is -0.395 e. The average Bonchev–Trinajstić information content (AvgIpc) is 2.63. The SMILES string of the molecule is O=C(c1cc(Cl)cc(Cl)c1)N1CCCN(CCO)CC1. The van der Waals surface area contributed by atoms with Crippen LogP contribution in [0.1, 0.15) is 16.8 Å². The molecule has 1 heterocycles. The average molecular weight is 317 g/mol. The number of rotatable bonds is 3. The van der Waals surface area contributed by atoms with Crippen LogP contribution in [-0.2, 0) is 0 Å². The molecule has 0 aromatic heterocycles. The lowest BCUT2D eigenvalue weighted by molar-refractivity contribution is 0.0760. The first-order valence-electron chi connectivity index (χ1n) is 6.69. The van der Waals surface area contributed by atoms with Crippen LogP contribution >= 0.6 is 23.2 Å². The summed E-state index contributed by atoms with van der Waals surface area (Å²) in [5, 5.41) is 9.91. The second-order valence-electron chi connectivity index (χ2n) is 4.87. The summed E-state index contributed by atoms with van der Waals surface area (Å²) in [4.78, 5) is 16.4. The Morgan fingerprint density at radius 3 is 2.45 bits per heavy atom. The van der Waals surface area contributed by atoms with Crippen LogP contribution < -0.4 is 0 Å². The molecule has 0 atom stereocenters. The molecule has 1 aromatic carbocycles. The quantitative estimate of drug-likeness (QED) is 0.929. The molecular weight excluding hydrogens is 299 g/mol. The van der Waals surface area contributed by atoms with Crippen molar-refractivity contribution in [3.63, 3.8) is 0 Å². The van der Waals surface area contributed by atoms with Gasteiger partial charge in [0.25, 0.3) is 5.91 Å². The summed E-state index contributed by atoms with van der Waals surface area (Å²) in [7, 11) is 0. The van der Waals surface area contributed by atoms with E-state index in [4.69, 9.17) is 28.3 Å². The van der Waals surface area contributed by atoms with Crippen LogP contribution in [0.3, 0.4) is 0 Å². The summed E-state index contributed by atoms with van der Waals surface area (Å²) >= 11 is 11.9. The zero-order chi connectivity index (χ0) is 14.5. The Labute approximate surface area is 128 Å². The lowest BCUT2D eigenvalue weighted by Gasteiger charge is -2.21. The molecule has 4 nitrogen and oxygen atoms in total. The van der Waals surface area contributed by atoms with Crippen molar-refractivity contribution >= 4 is 29.1 Å². The molecular formula is C14H18Cl2N2O2. The Balaban J connectivity index is 2.05. The Hall–Kier alpha value is -0.810. The van der Waals surface area contributed by atoms with Gasteiger partial charge in [-0.3, -0.25) is 9.69 Å². The number of hydrogen-bond donors (Lipinski definition) is 1. The molecule has 1 amide bonds. The molecule has 1 aromatic rings. The van der Waals surface area contributed by atoms with Gasteiger partial charge in [0.1, 0.15) is 0 Å². The van der Waals surface area contributed by atoms with E-state index < -0.39 is 0 Å². The normalized spacial score (nSPS) is 17.1. The highest BCUT2D eigenvalue weighted by Crippen LogP contribution is 2.20. The van der Waals surface area contributed by atoms with E-state index >= 15 is 0 Å². The molecule has 6 heteroatoms.